The Morgan fingerprint density at radius 3 is 2.14 bits per heavy atom. The van der Waals surface area contributed by atoms with E-state index in [-0.39, 0.29) is 12.1 Å². The molecule has 2 heterocycles. The van der Waals surface area contributed by atoms with E-state index < -0.39 is 12.1 Å². The number of hydrogen-bond acceptors (Lipinski definition) is 6. The summed E-state index contributed by atoms with van der Waals surface area (Å²) in [6.07, 6.45) is -0.100. The summed E-state index contributed by atoms with van der Waals surface area (Å²) in [4.78, 5) is 25.9. The van der Waals surface area contributed by atoms with Gasteiger partial charge in [-0.05, 0) is 61.4 Å². The average molecular weight is 611 g/mol. The van der Waals surface area contributed by atoms with Gasteiger partial charge in [-0.3, -0.25) is 14.8 Å². The Labute approximate surface area is 257 Å². The van der Waals surface area contributed by atoms with E-state index in [9.17, 15) is 4.79 Å². The molecule has 0 saturated carbocycles. The van der Waals surface area contributed by atoms with Gasteiger partial charge in [-0.15, -0.1) is 0 Å². The smallest absolute Gasteiger partial charge is 0.326 e. The summed E-state index contributed by atoms with van der Waals surface area (Å²) in [5.41, 5.74) is 8.38. The van der Waals surface area contributed by atoms with Crippen LogP contribution in [0.5, 0.6) is 11.5 Å². The molecule has 2 N–H and O–H groups in total. The van der Waals surface area contributed by atoms with Crippen LogP contribution in [0.4, 0.5) is 4.79 Å². The van der Waals surface area contributed by atoms with Gasteiger partial charge in [-0.2, -0.15) is 0 Å². The molecule has 0 bridgehead atoms. The fraction of sp³-hybridized carbons (Fsp3) is 0.375. The Hall–Kier alpha value is -3.30. The Balaban J connectivity index is 1.65. The number of methoxy groups -OCH3 is 1. The molecule has 0 unspecified atom stereocenters. The lowest BCUT2D eigenvalue weighted by Gasteiger charge is -2.39. The number of piperazine rings is 1. The van der Waals surface area contributed by atoms with Crippen LogP contribution in [0.1, 0.15) is 42.6 Å². The van der Waals surface area contributed by atoms with Crippen LogP contribution in [0.2, 0.25) is 10.0 Å². The van der Waals surface area contributed by atoms with Gasteiger partial charge >= 0.3 is 6.03 Å². The molecule has 2 aliphatic heterocycles. The van der Waals surface area contributed by atoms with Crippen molar-refractivity contribution in [1.82, 2.24) is 14.7 Å². The van der Waals surface area contributed by atoms with Crippen molar-refractivity contribution in [1.29, 1.82) is 0 Å². The highest BCUT2D eigenvalue weighted by Crippen LogP contribution is 2.46. The molecule has 10 heteroatoms. The fourth-order valence-corrected chi connectivity index (χ4v) is 5.77. The number of amidine groups is 1. The number of amides is 2. The molecule has 5 rings (SSSR count). The highest BCUT2D eigenvalue weighted by Gasteiger charge is 2.45. The van der Waals surface area contributed by atoms with Crippen LogP contribution in [0.25, 0.3) is 0 Å². The lowest BCUT2D eigenvalue weighted by molar-refractivity contribution is 0.121. The standard InChI is InChI=1S/C32H37Cl2N5O3/c1-21(2)42-28-20-26(41-3)12-13-27(28)31-36-29(22-4-8-24(33)9-5-22)30(23-6-10-25(34)11-7-23)39(31)32(40)38-18-16-37(15-14-35)17-19-38/h4-13,20-21,29-30H,14-19,35H2,1-3H3/t29-,30+/m0/s1. The summed E-state index contributed by atoms with van der Waals surface area (Å²) in [6, 6.07) is 20.0. The molecule has 3 aromatic rings. The van der Waals surface area contributed by atoms with Gasteiger partial charge in [0.2, 0.25) is 0 Å². The van der Waals surface area contributed by atoms with Crippen LogP contribution in [0.3, 0.4) is 0 Å². The normalized spacial score (nSPS) is 19.3. The number of nitrogens with two attached hydrogens (primary N) is 1. The maximum Gasteiger partial charge on any atom is 0.326 e. The van der Waals surface area contributed by atoms with Crippen molar-refractivity contribution >= 4 is 35.1 Å². The SMILES string of the molecule is COc1ccc(C2=N[C@@H](c3ccc(Cl)cc3)[C@@H](c3ccc(Cl)cc3)N2C(=O)N2CCN(CCN)CC2)c(OC(C)C)c1. The summed E-state index contributed by atoms with van der Waals surface area (Å²) >= 11 is 12.6. The van der Waals surface area contributed by atoms with E-state index in [0.717, 1.165) is 36.3 Å². The molecule has 2 atom stereocenters. The van der Waals surface area contributed by atoms with Gasteiger partial charge in [0.1, 0.15) is 23.4 Å². The number of hydrogen-bond donors (Lipinski definition) is 1. The number of rotatable bonds is 8. The third-order valence-corrected chi connectivity index (χ3v) is 8.08. The van der Waals surface area contributed by atoms with Gasteiger partial charge in [0.25, 0.3) is 0 Å². The lowest BCUT2D eigenvalue weighted by atomic mass is 9.93. The zero-order valence-electron chi connectivity index (χ0n) is 24.2. The van der Waals surface area contributed by atoms with Gasteiger partial charge in [-0.1, -0.05) is 47.5 Å². The van der Waals surface area contributed by atoms with E-state index >= 15 is 0 Å². The Morgan fingerprint density at radius 1 is 0.952 bits per heavy atom. The topological polar surface area (TPSA) is 83.6 Å². The van der Waals surface area contributed by atoms with Crippen molar-refractivity contribution in [2.75, 3.05) is 46.4 Å². The predicted molar refractivity (Wildman–Crippen MR) is 168 cm³/mol. The van der Waals surface area contributed by atoms with Crippen molar-refractivity contribution in [2.45, 2.75) is 32.0 Å². The maximum atomic E-state index is 14.6. The first kappa shape index (κ1) is 30.2. The molecule has 2 aliphatic rings. The molecule has 222 valence electrons. The summed E-state index contributed by atoms with van der Waals surface area (Å²) in [6.45, 7) is 8.06. The molecule has 3 aromatic carbocycles. The summed E-state index contributed by atoms with van der Waals surface area (Å²) in [5, 5.41) is 1.26. The second-order valence-corrected chi connectivity index (χ2v) is 11.6. The van der Waals surface area contributed by atoms with E-state index in [1.165, 1.54) is 0 Å². The van der Waals surface area contributed by atoms with Crippen molar-refractivity contribution in [3.63, 3.8) is 0 Å². The molecule has 8 nitrogen and oxygen atoms in total. The number of carbonyl (C=O) groups is 1. The Kier molecular flexibility index (Phi) is 9.58. The number of ether oxygens (including phenoxy) is 2. The molecular formula is C32H37Cl2N5O3. The zero-order chi connectivity index (χ0) is 29.8. The monoisotopic (exact) mass is 609 g/mol. The Morgan fingerprint density at radius 2 is 1.57 bits per heavy atom. The molecule has 0 spiro atoms. The van der Waals surface area contributed by atoms with Crippen molar-refractivity contribution < 1.29 is 14.3 Å². The zero-order valence-corrected chi connectivity index (χ0v) is 25.7. The number of halogens is 2. The highest BCUT2D eigenvalue weighted by molar-refractivity contribution is 6.30. The van der Waals surface area contributed by atoms with E-state index in [1.807, 2.05) is 90.4 Å². The highest BCUT2D eigenvalue weighted by atomic mass is 35.5. The largest absolute Gasteiger partial charge is 0.497 e. The molecule has 2 amide bonds. The van der Waals surface area contributed by atoms with Crippen LogP contribution in [0, 0.1) is 0 Å². The molecule has 1 saturated heterocycles. The van der Waals surface area contributed by atoms with Gasteiger partial charge in [-0.25, -0.2) is 4.79 Å². The van der Waals surface area contributed by atoms with Gasteiger partial charge in [0, 0.05) is 55.4 Å². The first-order chi connectivity index (χ1) is 20.3. The summed E-state index contributed by atoms with van der Waals surface area (Å²) < 4.78 is 11.8. The van der Waals surface area contributed by atoms with E-state index in [4.69, 9.17) is 43.4 Å². The van der Waals surface area contributed by atoms with Crippen molar-refractivity contribution in [3.8, 4) is 11.5 Å². The van der Waals surface area contributed by atoms with Crippen molar-refractivity contribution in [3.05, 3.63) is 93.5 Å². The van der Waals surface area contributed by atoms with Crippen LogP contribution in [0.15, 0.2) is 71.7 Å². The van der Waals surface area contributed by atoms with Gasteiger partial charge in [0.05, 0.1) is 24.8 Å². The number of urea groups is 1. The van der Waals surface area contributed by atoms with Crippen LogP contribution in [-0.2, 0) is 0 Å². The van der Waals surface area contributed by atoms with E-state index in [0.29, 0.717) is 47.0 Å². The quantitative estimate of drug-likeness (QED) is 0.337. The predicted octanol–water partition coefficient (Wildman–Crippen LogP) is 6.03. The number of carbonyl (C=O) groups excluding carboxylic acids is 1. The second kappa shape index (κ2) is 13.3. The number of benzene rings is 3. The first-order valence-electron chi connectivity index (χ1n) is 14.2. The molecule has 1 fully saturated rings. The lowest BCUT2D eigenvalue weighted by Crippen LogP contribution is -2.54. The van der Waals surface area contributed by atoms with Crippen LogP contribution >= 0.6 is 23.2 Å². The number of aliphatic imine (C=N–C) groups is 1. The van der Waals surface area contributed by atoms with Gasteiger partial charge < -0.3 is 20.1 Å². The molecular weight excluding hydrogens is 573 g/mol. The van der Waals surface area contributed by atoms with E-state index in [2.05, 4.69) is 4.90 Å². The van der Waals surface area contributed by atoms with Crippen LogP contribution in [-0.4, -0.2) is 79.0 Å². The average Bonchev–Trinajstić information content (AvgIpc) is 3.38. The second-order valence-electron chi connectivity index (χ2n) is 10.7. The third kappa shape index (κ3) is 6.52. The minimum Gasteiger partial charge on any atom is -0.497 e. The number of nitrogens with zero attached hydrogens (tertiary/aromatic N) is 4. The fourth-order valence-electron chi connectivity index (χ4n) is 5.52. The third-order valence-electron chi connectivity index (χ3n) is 7.58. The van der Waals surface area contributed by atoms with E-state index in [1.54, 1.807) is 7.11 Å². The van der Waals surface area contributed by atoms with Crippen LogP contribution < -0.4 is 15.2 Å². The summed E-state index contributed by atoms with van der Waals surface area (Å²) in [7, 11) is 1.62. The minimum absolute atomic E-state index is 0.100. The Bertz CT molecular complexity index is 1410. The molecule has 0 radical (unpaired) electrons. The van der Waals surface area contributed by atoms with Gasteiger partial charge in [0.15, 0.2) is 0 Å². The van der Waals surface area contributed by atoms with Crippen molar-refractivity contribution in [2.24, 2.45) is 10.7 Å². The minimum atomic E-state index is -0.429. The summed E-state index contributed by atoms with van der Waals surface area (Å²) in [5.74, 6) is 1.80. The molecule has 42 heavy (non-hydrogen) atoms. The maximum absolute atomic E-state index is 14.6. The molecule has 0 aromatic heterocycles. The molecule has 0 aliphatic carbocycles. The first-order valence-corrected chi connectivity index (χ1v) is 15.0.